The first-order chi connectivity index (χ1) is 9.71. The monoisotopic (exact) mass is 303 g/mol. The summed E-state index contributed by atoms with van der Waals surface area (Å²) >= 11 is 0. The van der Waals surface area contributed by atoms with Gasteiger partial charge >= 0.3 is 0 Å². The molecule has 1 rings (SSSR count). The summed E-state index contributed by atoms with van der Waals surface area (Å²) in [5.74, 6) is 0.766. The Labute approximate surface area is 129 Å². The molecule has 0 saturated heterocycles. The Morgan fingerprint density at radius 3 is 2.29 bits per heavy atom. The fraction of sp³-hybridized carbons (Fsp3) is 0.471. The van der Waals surface area contributed by atoms with E-state index in [1.54, 1.807) is 6.08 Å². The van der Waals surface area contributed by atoms with Crippen LogP contribution in [0.25, 0.3) is 0 Å². The SMILES string of the molecule is C=CCOc1ccc([C@H](C#N)O[Si](C)(C)C(C)(C)C)cc1. The summed E-state index contributed by atoms with van der Waals surface area (Å²) < 4.78 is 11.6. The van der Waals surface area contributed by atoms with Crippen LogP contribution in [-0.2, 0) is 4.43 Å². The Bertz CT molecular complexity index is 509. The number of ether oxygens (including phenoxy) is 1. The van der Waals surface area contributed by atoms with Crippen LogP contribution in [0.4, 0.5) is 0 Å². The molecule has 0 heterocycles. The predicted octanol–water partition coefficient (Wildman–Crippen LogP) is 4.84. The first kappa shape index (κ1) is 17.5. The molecule has 114 valence electrons. The van der Waals surface area contributed by atoms with E-state index in [0.29, 0.717) is 6.61 Å². The van der Waals surface area contributed by atoms with E-state index in [0.717, 1.165) is 11.3 Å². The van der Waals surface area contributed by atoms with Gasteiger partial charge in [-0.3, -0.25) is 0 Å². The van der Waals surface area contributed by atoms with Gasteiger partial charge in [0.25, 0.3) is 0 Å². The third kappa shape index (κ3) is 4.73. The van der Waals surface area contributed by atoms with E-state index in [4.69, 9.17) is 9.16 Å². The Hall–Kier alpha value is -1.57. The maximum absolute atomic E-state index is 9.42. The lowest BCUT2D eigenvalue weighted by atomic mass is 10.1. The first-order valence-electron chi connectivity index (χ1n) is 7.12. The molecule has 1 aromatic rings. The van der Waals surface area contributed by atoms with Gasteiger partial charge in [0.2, 0.25) is 0 Å². The molecule has 1 atom stereocenters. The quantitative estimate of drug-likeness (QED) is 0.558. The second-order valence-corrected chi connectivity index (χ2v) is 11.3. The van der Waals surface area contributed by atoms with Crippen LogP contribution in [0.15, 0.2) is 36.9 Å². The highest BCUT2D eigenvalue weighted by Crippen LogP contribution is 2.39. The molecule has 0 aliphatic carbocycles. The molecule has 0 fully saturated rings. The third-order valence-corrected chi connectivity index (χ3v) is 8.32. The maximum atomic E-state index is 9.42. The van der Waals surface area contributed by atoms with Crippen LogP contribution in [0.1, 0.15) is 32.4 Å². The van der Waals surface area contributed by atoms with Crippen molar-refractivity contribution in [2.45, 2.75) is 45.0 Å². The number of benzene rings is 1. The largest absolute Gasteiger partial charge is 0.490 e. The smallest absolute Gasteiger partial charge is 0.194 e. The molecule has 0 saturated carbocycles. The van der Waals surface area contributed by atoms with Crippen molar-refractivity contribution in [2.75, 3.05) is 6.61 Å². The van der Waals surface area contributed by atoms with Crippen LogP contribution in [0.3, 0.4) is 0 Å². The fourth-order valence-corrected chi connectivity index (χ4v) is 2.67. The summed E-state index contributed by atoms with van der Waals surface area (Å²) in [5, 5.41) is 9.50. The summed E-state index contributed by atoms with van der Waals surface area (Å²) in [5.41, 5.74) is 0.869. The molecule has 0 unspecified atom stereocenters. The summed E-state index contributed by atoms with van der Waals surface area (Å²) in [6, 6.07) is 9.76. The van der Waals surface area contributed by atoms with Gasteiger partial charge in [-0.2, -0.15) is 5.26 Å². The minimum atomic E-state index is -1.97. The van der Waals surface area contributed by atoms with Gasteiger partial charge < -0.3 is 9.16 Å². The van der Waals surface area contributed by atoms with Crippen LogP contribution < -0.4 is 4.74 Å². The number of hydrogen-bond acceptors (Lipinski definition) is 3. The van der Waals surface area contributed by atoms with E-state index in [9.17, 15) is 5.26 Å². The lowest BCUT2D eigenvalue weighted by molar-refractivity contribution is 0.236. The fourth-order valence-electron chi connectivity index (χ4n) is 1.53. The second kappa shape index (κ2) is 6.93. The van der Waals surface area contributed by atoms with Crippen molar-refractivity contribution >= 4 is 8.32 Å². The Kier molecular flexibility index (Phi) is 5.76. The number of hydrogen-bond donors (Lipinski definition) is 0. The molecule has 0 bridgehead atoms. The van der Waals surface area contributed by atoms with E-state index in [1.807, 2.05) is 24.3 Å². The Balaban J connectivity index is 2.86. The maximum Gasteiger partial charge on any atom is 0.194 e. The van der Waals surface area contributed by atoms with E-state index < -0.39 is 14.4 Å². The molecule has 0 N–H and O–H groups in total. The molecule has 3 nitrogen and oxygen atoms in total. The van der Waals surface area contributed by atoms with Gasteiger partial charge in [0.15, 0.2) is 14.4 Å². The third-order valence-electron chi connectivity index (χ3n) is 3.89. The first-order valence-corrected chi connectivity index (χ1v) is 10.0. The lowest BCUT2D eigenvalue weighted by Gasteiger charge is -2.37. The molecule has 21 heavy (non-hydrogen) atoms. The summed E-state index contributed by atoms with van der Waals surface area (Å²) in [7, 11) is -1.97. The molecule has 0 radical (unpaired) electrons. The average molecular weight is 303 g/mol. The molecule has 0 aliphatic heterocycles. The molecule has 1 aromatic carbocycles. The molecular weight excluding hydrogens is 278 g/mol. The van der Waals surface area contributed by atoms with Crippen LogP contribution >= 0.6 is 0 Å². The van der Waals surface area contributed by atoms with Crippen molar-refractivity contribution in [2.24, 2.45) is 0 Å². The van der Waals surface area contributed by atoms with Gasteiger partial charge in [-0.15, -0.1) is 0 Å². The molecule has 0 amide bonds. The van der Waals surface area contributed by atoms with E-state index in [-0.39, 0.29) is 5.04 Å². The van der Waals surface area contributed by atoms with Crippen molar-refractivity contribution < 1.29 is 9.16 Å². The van der Waals surface area contributed by atoms with Gasteiger partial charge in [-0.25, -0.2) is 0 Å². The molecule has 0 aromatic heterocycles. The van der Waals surface area contributed by atoms with Crippen LogP contribution in [0, 0.1) is 11.3 Å². The van der Waals surface area contributed by atoms with Crippen molar-refractivity contribution in [3.8, 4) is 11.8 Å². The minimum absolute atomic E-state index is 0.0785. The van der Waals surface area contributed by atoms with Gasteiger partial charge in [0, 0.05) is 0 Å². The Morgan fingerprint density at radius 1 is 1.29 bits per heavy atom. The van der Waals surface area contributed by atoms with Crippen LogP contribution in [0.5, 0.6) is 5.75 Å². The van der Waals surface area contributed by atoms with Crippen LogP contribution in [-0.4, -0.2) is 14.9 Å². The standard InChI is InChI=1S/C17H25NO2Si/c1-7-12-19-15-10-8-14(9-11-15)16(13-18)20-21(5,6)17(2,3)4/h7-11,16H,1,12H2,2-6H3/t16-/m0/s1. The molecule has 4 heteroatoms. The van der Waals surface area contributed by atoms with E-state index >= 15 is 0 Å². The highest BCUT2D eigenvalue weighted by molar-refractivity contribution is 6.74. The van der Waals surface area contributed by atoms with Gasteiger partial charge in [0.05, 0.1) is 6.07 Å². The predicted molar refractivity (Wildman–Crippen MR) is 88.8 cm³/mol. The van der Waals surface area contributed by atoms with Gasteiger partial charge in [0.1, 0.15) is 12.4 Å². The lowest BCUT2D eigenvalue weighted by Crippen LogP contribution is -2.41. The van der Waals surface area contributed by atoms with E-state index in [1.165, 1.54) is 0 Å². The van der Waals surface area contributed by atoms with Gasteiger partial charge in [-0.05, 0) is 35.8 Å². The molecule has 0 spiro atoms. The normalized spacial score (nSPS) is 13.3. The number of nitriles is 1. The highest BCUT2D eigenvalue weighted by Gasteiger charge is 2.39. The summed E-state index contributed by atoms with van der Waals surface area (Å²) in [6.07, 6.45) is 1.17. The summed E-state index contributed by atoms with van der Waals surface area (Å²) in [4.78, 5) is 0. The minimum Gasteiger partial charge on any atom is -0.490 e. The van der Waals surface area contributed by atoms with Crippen molar-refractivity contribution in [1.82, 2.24) is 0 Å². The number of rotatable bonds is 6. The van der Waals surface area contributed by atoms with E-state index in [2.05, 4.69) is 46.5 Å². The van der Waals surface area contributed by atoms with Crippen LogP contribution in [0.2, 0.25) is 18.1 Å². The van der Waals surface area contributed by atoms with Crippen molar-refractivity contribution in [3.63, 3.8) is 0 Å². The second-order valence-electron chi connectivity index (χ2n) is 6.56. The topological polar surface area (TPSA) is 42.2 Å². The summed E-state index contributed by atoms with van der Waals surface area (Å²) in [6.45, 7) is 14.9. The average Bonchev–Trinajstić information content (AvgIpc) is 2.42. The molecular formula is C17H25NO2Si. The molecule has 0 aliphatic rings. The zero-order valence-corrected chi connectivity index (χ0v) is 14.6. The number of nitrogens with zero attached hydrogens (tertiary/aromatic N) is 1. The van der Waals surface area contributed by atoms with Crippen molar-refractivity contribution in [1.29, 1.82) is 5.26 Å². The highest BCUT2D eigenvalue weighted by atomic mass is 28.4. The Morgan fingerprint density at radius 2 is 1.86 bits per heavy atom. The zero-order valence-electron chi connectivity index (χ0n) is 13.6. The van der Waals surface area contributed by atoms with Crippen molar-refractivity contribution in [3.05, 3.63) is 42.5 Å². The van der Waals surface area contributed by atoms with Gasteiger partial charge in [-0.1, -0.05) is 45.6 Å². The zero-order chi connectivity index (χ0) is 16.1.